The molecule has 2 heterocycles. The Hall–Kier alpha value is -2.15. The number of aryl methyl sites for hydroxylation is 1. The second-order valence-electron chi connectivity index (χ2n) is 6.07. The van der Waals surface area contributed by atoms with Gasteiger partial charge in [-0.25, -0.2) is 0 Å². The predicted octanol–water partition coefficient (Wildman–Crippen LogP) is 6.42. The van der Waals surface area contributed by atoms with Gasteiger partial charge in [0, 0.05) is 16.1 Å². The number of amides is 1. The lowest BCUT2D eigenvalue weighted by molar-refractivity contribution is -0.113. The van der Waals surface area contributed by atoms with Crippen LogP contribution in [-0.4, -0.2) is 10.2 Å². The molecule has 0 N–H and O–H groups in total. The molecule has 0 bridgehead atoms. The van der Waals surface area contributed by atoms with E-state index >= 15 is 0 Å². The van der Waals surface area contributed by atoms with Crippen LogP contribution in [0.15, 0.2) is 74.5 Å². The summed E-state index contributed by atoms with van der Waals surface area (Å²) in [6.45, 7) is 1.99. The molecule has 0 spiro atoms. The van der Waals surface area contributed by atoms with Crippen molar-refractivity contribution in [1.82, 2.24) is 0 Å². The van der Waals surface area contributed by atoms with E-state index in [0.717, 1.165) is 27.0 Å². The van der Waals surface area contributed by atoms with Crippen molar-refractivity contribution in [2.75, 3.05) is 4.90 Å². The molecule has 1 aromatic heterocycles. The van der Waals surface area contributed by atoms with Crippen LogP contribution >= 0.6 is 39.9 Å². The van der Waals surface area contributed by atoms with Crippen LogP contribution in [0.2, 0.25) is 0 Å². The average Bonchev–Trinajstić information content (AvgIpc) is 3.21. The SMILES string of the molecule is Cc1cccc(N2C(=O)/C(=C\c3ccc(-c4ccc(Br)cc4)o3)SC2=S)c1. The van der Waals surface area contributed by atoms with Crippen LogP contribution < -0.4 is 4.90 Å². The highest BCUT2D eigenvalue weighted by Gasteiger charge is 2.33. The smallest absolute Gasteiger partial charge is 0.270 e. The van der Waals surface area contributed by atoms with Crippen LogP contribution in [0.3, 0.4) is 0 Å². The van der Waals surface area contributed by atoms with Crippen molar-refractivity contribution >= 4 is 61.9 Å². The van der Waals surface area contributed by atoms with Crippen LogP contribution in [0.5, 0.6) is 0 Å². The highest BCUT2D eigenvalue weighted by molar-refractivity contribution is 9.10. The Labute approximate surface area is 175 Å². The Morgan fingerprint density at radius 1 is 1.11 bits per heavy atom. The van der Waals surface area contributed by atoms with Gasteiger partial charge in [-0.05, 0) is 48.9 Å². The van der Waals surface area contributed by atoms with Crippen molar-refractivity contribution < 1.29 is 9.21 Å². The van der Waals surface area contributed by atoms with Crippen LogP contribution in [0, 0.1) is 6.92 Å². The number of hydrogen-bond acceptors (Lipinski definition) is 4. The lowest BCUT2D eigenvalue weighted by Crippen LogP contribution is -2.27. The first-order valence-electron chi connectivity index (χ1n) is 8.22. The lowest BCUT2D eigenvalue weighted by atomic mass is 10.2. The zero-order chi connectivity index (χ0) is 19.0. The molecule has 27 heavy (non-hydrogen) atoms. The van der Waals surface area contributed by atoms with E-state index in [-0.39, 0.29) is 5.91 Å². The number of thiocarbonyl (C=S) groups is 1. The third-order valence-corrected chi connectivity index (χ3v) is 5.91. The largest absolute Gasteiger partial charge is 0.457 e. The molecule has 6 heteroatoms. The highest BCUT2D eigenvalue weighted by atomic mass is 79.9. The average molecular weight is 456 g/mol. The minimum Gasteiger partial charge on any atom is -0.457 e. The zero-order valence-electron chi connectivity index (χ0n) is 14.3. The van der Waals surface area contributed by atoms with Crippen molar-refractivity contribution in [3.8, 4) is 11.3 Å². The lowest BCUT2D eigenvalue weighted by Gasteiger charge is -2.14. The molecule has 1 fully saturated rings. The summed E-state index contributed by atoms with van der Waals surface area (Å²) in [5.41, 5.74) is 2.84. The van der Waals surface area contributed by atoms with Crippen molar-refractivity contribution in [3.63, 3.8) is 0 Å². The number of carbonyl (C=O) groups is 1. The molecule has 2 aromatic carbocycles. The number of benzene rings is 2. The van der Waals surface area contributed by atoms with E-state index in [4.69, 9.17) is 16.6 Å². The molecule has 0 radical (unpaired) electrons. The molecule has 134 valence electrons. The first kappa shape index (κ1) is 18.2. The van der Waals surface area contributed by atoms with Gasteiger partial charge in [-0.15, -0.1) is 0 Å². The molecule has 4 rings (SSSR count). The van der Waals surface area contributed by atoms with Gasteiger partial charge < -0.3 is 4.42 Å². The van der Waals surface area contributed by atoms with Gasteiger partial charge in [-0.3, -0.25) is 9.69 Å². The molecule has 3 aromatic rings. The maximum Gasteiger partial charge on any atom is 0.270 e. The molecule has 1 amide bonds. The molecule has 1 saturated heterocycles. The molecule has 0 saturated carbocycles. The molecule has 0 unspecified atom stereocenters. The van der Waals surface area contributed by atoms with Crippen LogP contribution in [0.4, 0.5) is 5.69 Å². The Bertz CT molecular complexity index is 1070. The van der Waals surface area contributed by atoms with E-state index in [1.165, 1.54) is 11.8 Å². The minimum atomic E-state index is -0.128. The highest BCUT2D eigenvalue weighted by Crippen LogP contribution is 2.36. The zero-order valence-corrected chi connectivity index (χ0v) is 17.5. The van der Waals surface area contributed by atoms with Gasteiger partial charge in [-0.1, -0.05) is 64.2 Å². The Balaban J connectivity index is 1.61. The fourth-order valence-electron chi connectivity index (χ4n) is 2.79. The topological polar surface area (TPSA) is 33.5 Å². The van der Waals surface area contributed by atoms with Crippen molar-refractivity contribution in [2.45, 2.75) is 6.92 Å². The normalized spacial score (nSPS) is 15.8. The van der Waals surface area contributed by atoms with E-state index in [1.54, 1.807) is 11.0 Å². The van der Waals surface area contributed by atoms with Gasteiger partial charge in [0.25, 0.3) is 5.91 Å². The third kappa shape index (κ3) is 3.78. The standard InChI is InChI=1S/C21H14BrNO2S2/c1-13-3-2-4-16(11-13)23-20(24)19(27-21(23)26)12-17-9-10-18(25-17)14-5-7-15(22)8-6-14/h2-12H,1H3/b19-12+. The fraction of sp³-hybridized carbons (Fsp3) is 0.0476. The quantitative estimate of drug-likeness (QED) is 0.336. The molecule has 0 aliphatic carbocycles. The number of thioether (sulfide) groups is 1. The van der Waals surface area contributed by atoms with Gasteiger partial charge in [0.05, 0.1) is 10.6 Å². The van der Waals surface area contributed by atoms with Crippen LogP contribution in [-0.2, 0) is 4.79 Å². The second kappa shape index (κ2) is 7.46. The van der Waals surface area contributed by atoms with Crippen molar-refractivity contribution in [1.29, 1.82) is 0 Å². The van der Waals surface area contributed by atoms with Crippen molar-refractivity contribution in [2.24, 2.45) is 0 Å². The summed E-state index contributed by atoms with van der Waals surface area (Å²) < 4.78 is 7.43. The van der Waals surface area contributed by atoms with Crippen LogP contribution in [0.25, 0.3) is 17.4 Å². The fourth-order valence-corrected chi connectivity index (χ4v) is 4.33. The monoisotopic (exact) mass is 455 g/mol. The first-order chi connectivity index (χ1) is 13.0. The summed E-state index contributed by atoms with van der Waals surface area (Å²) in [6, 6.07) is 19.4. The Morgan fingerprint density at radius 3 is 2.63 bits per heavy atom. The maximum atomic E-state index is 12.8. The molecule has 3 nitrogen and oxygen atoms in total. The molecule has 1 aliphatic rings. The number of anilines is 1. The van der Waals surface area contributed by atoms with Gasteiger partial charge in [0.15, 0.2) is 4.32 Å². The number of carbonyl (C=O) groups excluding carboxylic acids is 1. The van der Waals surface area contributed by atoms with E-state index < -0.39 is 0 Å². The maximum absolute atomic E-state index is 12.8. The number of rotatable bonds is 3. The molecular weight excluding hydrogens is 442 g/mol. The number of halogens is 1. The summed E-state index contributed by atoms with van der Waals surface area (Å²) in [4.78, 5) is 15.0. The molecule has 0 atom stereocenters. The minimum absolute atomic E-state index is 0.128. The number of furan rings is 1. The summed E-state index contributed by atoms with van der Waals surface area (Å²) in [6.07, 6.45) is 1.75. The van der Waals surface area contributed by atoms with E-state index in [9.17, 15) is 4.79 Å². The van der Waals surface area contributed by atoms with Gasteiger partial charge in [0.1, 0.15) is 11.5 Å². The van der Waals surface area contributed by atoms with E-state index in [0.29, 0.717) is 15.0 Å². The molecule has 1 aliphatic heterocycles. The number of nitrogens with zero attached hydrogens (tertiary/aromatic N) is 1. The predicted molar refractivity (Wildman–Crippen MR) is 119 cm³/mol. The summed E-state index contributed by atoms with van der Waals surface area (Å²) in [5, 5.41) is 0. The summed E-state index contributed by atoms with van der Waals surface area (Å²) in [7, 11) is 0. The van der Waals surface area contributed by atoms with E-state index in [2.05, 4.69) is 15.9 Å². The third-order valence-electron chi connectivity index (χ3n) is 4.08. The van der Waals surface area contributed by atoms with Gasteiger partial charge in [-0.2, -0.15) is 0 Å². The van der Waals surface area contributed by atoms with E-state index in [1.807, 2.05) is 67.6 Å². The second-order valence-corrected chi connectivity index (χ2v) is 8.66. The first-order valence-corrected chi connectivity index (χ1v) is 10.2. The van der Waals surface area contributed by atoms with Crippen LogP contribution in [0.1, 0.15) is 11.3 Å². The summed E-state index contributed by atoms with van der Waals surface area (Å²) >= 11 is 10.1. The molecular formula is C21H14BrNO2S2. The van der Waals surface area contributed by atoms with Crippen molar-refractivity contribution in [3.05, 3.63) is 81.4 Å². The Morgan fingerprint density at radius 2 is 1.89 bits per heavy atom. The van der Waals surface area contributed by atoms with Gasteiger partial charge in [0.2, 0.25) is 0 Å². The Kier molecular flexibility index (Phi) is 5.04. The van der Waals surface area contributed by atoms with Gasteiger partial charge >= 0.3 is 0 Å². The number of hydrogen-bond donors (Lipinski definition) is 0. The summed E-state index contributed by atoms with van der Waals surface area (Å²) in [5.74, 6) is 1.25.